The molecular formula is C18H33FO2. The van der Waals surface area contributed by atoms with E-state index in [2.05, 4.69) is 6.92 Å². The summed E-state index contributed by atoms with van der Waals surface area (Å²) >= 11 is 0. The molecule has 1 aliphatic rings. The Kier molecular flexibility index (Phi) is 9.69. The molecule has 1 fully saturated rings. The molecule has 0 saturated heterocycles. The zero-order chi connectivity index (χ0) is 15.5. The molecule has 1 N–H and O–H groups in total. The molecule has 124 valence electrons. The van der Waals surface area contributed by atoms with Crippen LogP contribution in [0, 0.1) is 11.8 Å². The maximum absolute atomic E-state index is 13.7. The molecule has 1 saturated carbocycles. The van der Waals surface area contributed by atoms with Gasteiger partial charge in [-0.05, 0) is 31.1 Å². The zero-order valence-electron chi connectivity index (χ0n) is 13.7. The van der Waals surface area contributed by atoms with Crippen LogP contribution in [-0.4, -0.2) is 17.2 Å². The highest BCUT2D eigenvalue weighted by atomic mass is 19.1. The van der Waals surface area contributed by atoms with Crippen molar-refractivity contribution in [2.24, 2.45) is 11.8 Å². The number of carboxylic acids is 1. The summed E-state index contributed by atoms with van der Waals surface area (Å²) < 4.78 is 13.7. The van der Waals surface area contributed by atoms with Crippen molar-refractivity contribution >= 4 is 5.97 Å². The fraction of sp³-hybridized carbons (Fsp3) is 0.944. The molecule has 1 aliphatic carbocycles. The Hall–Kier alpha value is -0.600. The fourth-order valence-electron chi connectivity index (χ4n) is 3.20. The van der Waals surface area contributed by atoms with E-state index >= 15 is 0 Å². The molecule has 0 aromatic heterocycles. The summed E-state index contributed by atoms with van der Waals surface area (Å²) in [6.07, 6.45) is 12.7. The van der Waals surface area contributed by atoms with E-state index in [0.717, 1.165) is 38.5 Å². The first-order valence-electron chi connectivity index (χ1n) is 8.99. The molecule has 2 nitrogen and oxygen atoms in total. The number of carboxylic acid groups (broad SMARTS) is 1. The highest BCUT2D eigenvalue weighted by Gasteiger charge is 2.37. The van der Waals surface area contributed by atoms with E-state index in [1.807, 2.05) is 0 Å². The van der Waals surface area contributed by atoms with Crippen LogP contribution in [0.5, 0.6) is 0 Å². The third-order valence-corrected chi connectivity index (χ3v) is 4.72. The standard InChI is InChI=1S/C18H33FO2/c1-2-3-4-5-6-7-11-17(19)12-9-8-10-15-13-16(15)14-18(20)21/h15-17H,2-14H2,1H3,(H,20,21)/t15-,16+,17?/m1/s1. The summed E-state index contributed by atoms with van der Waals surface area (Å²) in [4.78, 5) is 10.5. The van der Waals surface area contributed by atoms with Crippen LogP contribution in [0.25, 0.3) is 0 Å². The molecule has 1 unspecified atom stereocenters. The number of carbonyl (C=O) groups is 1. The second kappa shape index (κ2) is 11.0. The van der Waals surface area contributed by atoms with Crippen molar-refractivity contribution in [2.45, 2.75) is 96.6 Å². The molecule has 0 aromatic rings. The topological polar surface area (TPSA) is 37.3 Å². The average Bonchev–Trinajstić information content (AvgIpc) is 3.16. The second-order valence-electron chi connectivity index (χ2n) is 6.79. The molecule has 21 heavy (non-hydrogen) atoms. The molecule has 3 heteroatoms. The van der Waals surface area contributed by atoms with Gasteiger partial charge in [0.1, 0.15) is 6.17 Å². The maximum atomic E-state index is 13.7. The van der Waals surface area contributed by atoms with Crippen LogP contribution in [0.1, 0.15) is 90.4 Å². The van der Waals surface area contributed by atoms with E-state index in [1.54, 1.807) is 0 Å². The van der Waals surface area contributed by atoms with Gasteiger partial charge in [-0.3, -0.25) is 4.79 Å². The third kappa shape index (κ3) is 9.87. The highest BCUT2D eigenvalue weighted by Crippen LogP contribution is 2.44. The number of hydrogen-bond donors (Lipinski definition) is 1. The molecular weight excluding hydrogens is 267 g/mol. The lowest BCUT2D eigenvalue weighted by Crippen LogP contribution is -2.00. The second-order valence-corrected chi connectivity index (χ2v) is 6.79. The summed E-state index contributed by atoms with van der Waals surface area (Å²) in [7, 11) is 0. The van der Waals surface area contributed by atoms with Crippen molar-refractivity contribution in [3.8, 4) is 0 Å². The van der Waals surface area contributed by atoms with Crippen molar-refractivity contribution < 1.29 is 14.3 Å². The zero-order valence-corrected chi connectivity index (χ0v) is 13.7. The SMILES string of the molecule is CCCCCCCCC(F)CCCC[C@@H]1C[C@H]1CC(=O)O. The van der Waals surface area contributed by atoms with E-state index in [1.165, 1.54) is 32.1 Å². The van der Waals surface area contributed by atoms with Gasteiger partial charge in [-0.1, -0.05) is 64.7 Å². The van der Waals surface area contributed by atoms with Crippen molar-refractivity contribution in [1.29, 1.82) is 0 Å². The van der Waals surface area contributed by atoms with Gasteiger partial charge in [-0.2, -0.15) is 0 Å². The number of unbranched alkanes of at least 4 members (excludes halogenated alkanes) is 6. The Balaban J connectivity index is 1.83. The number of alkyl halides is 1. The van der Waals surface area contributed by atoms with Gasteiger partial charge in [0, 0.05) is 6.42 Å². The molecule has 0 heterocycles. The molecule has 0 radical (unpaired) electrons. The lowest BCUT2D eigenvalue weighted by Gasteiger charge is -2.08. The molecule has 1 rings (SSSR count). The fourth-order valence-corrected chi connectivity index (χ4v) is 3.20. The molecule has 0 bridgehead atoms. The lowest BCUT2D eigenvalue weighted by molar-refractivity contribution is -0.137. The number of hydrogen-bond acceptors (Lipinski definition) is 1. The molecule has 0 aromatic carbocycles. The van der Waals surface area contributed by atoms with Crippen LogP contribution < -0.4 is 0 Å². The summed E-state index contributed by atoms with van der Waals surface area (Å²) in [5.74, 6) is 0.342. The van der Waals surface area contributed by atoms with Gasteiger partial charge in [0.25, 0.3) is 0 Å². The Morgan fingerprint density at radius 2 is 1.67 bits per heavy atom. The largest absolute Gasteiger partial charge is 0.481 e. The predicted octanol–water partition coefficient (Wildman–Crippen LogP) is 5.75. The Labute approximate surface area is 129 Å². The van der Waals surface area contributed by atoms with Crippen molar-refractivity contribution in [1.82, 2.24) is 0 Å². The maximum Gasteiger partial charge on any atom is 0.303 e. The minimum Gasteiger partial charge on any atom is -0.481 e. The first-order chi connectivity index (χ1) is 10.1. The van der Waals surface area contributed by atoms with Gasteiger partial charge in [0.15, 0.2) is 0 Å². The third-order valence-electron chi connectivity index (χ3n) is 4.72. The van der Waals surface area contributed by atoms with Gasteiger partial charge in [-0.15, -0.1) is 0 Å². The first-order valence-corrected chi connectivity index (χ1v) is 8.99. The number of halogens is 1. The van der Waals surface area contributed by atoms with E-state index in [0.29, 0.717) is 24.7 Å². The van der Waals surface area contributed by atoms with Crippen LogP contribution in [0.15, 0.2) is 0 Å². The van der Waals surface area contributed by atoms with E-state index < -0.39 is 12.1 Å². The molecule has 0 amide bonds. The lowest BCUT2D eigenvalue weighted by atomic mass is 10.0. The van der Waals surface area contributed by atoms with Crippen LogP contribution in [0.4, 0.5) is 4.39 Å². The van der Waals surface area contributed by atoms with E-state index in [9.17, 15) is 9.18 Å². The van der Waals surface area contributed by atoms with Gasteiger partial charge >= 0.3 is 5.97 Å². The molecule has 3 atom stereocenters. The first kappa shape index (κ1) is 18.4. The summed E-state index contributed by atoms with van der Waals surface area (Å²) in [5, 5.41) is 8.69. The summed E-state index contributed by atoms with van der Waals surface area (Å²) in [5.41, 5.74) is 0. The van der Waals surface area contributed by atoms with Crippen molar-refractivity contribution in [3.05, 3.63) is 0 Å². The van der Waals surface area contributed by atoms with Gasteiger partial charge in [-0.25, -0.2) is 4.39 Å². The Morgan fingerprint density at radius 3 is 2.33 bits per heavy atom. The van der Waals surface area contributed by atoms with E-state index in [4.69, 9.17) is 5.11 Å². The Morgan fingerprint density at radius 1 is 1.05 bits per heavy atom. The van der Waals surface area contributed by atoms with Gasteiger partial charge in [0.05, 0.1) is 0 Å². The molecule has 0 aliphatic heterocycles. The quantitative estimate of drug-likeness (QED) is 0.415. The van der Waals surface area contributed by atoms with Crippen molar-refractivity contribution in [2.75, 3.05) is 0 Å². The Bertz CT molecular complexity index is 280. The van der Waals surface area contributed by atoms with Gasteiger partial charge < -0.3 is 5.11 Å². The van der Waals surface area contributed by atoms with Crippen LogP contribution in [0.3, 0.4) is 0 Å². The van der Waals surface area contributed by atoms with Crippen LogP contribution in [0.2, 0.25) is 0 Å². The minimum absolute atomic E-state index is 0.328. The smallest absolute Gasteiger partial charge is 0.303 e. The average molecular weight is 300 g/mol. The number of aliphatic carboxylic acids is 1. The monoisotopic (exact) mass is 300 g/mol. The molecule has 0 spiro atoms. The van der Waals surface area contributed by atoms with Gasteiger partial charge in [0.2, 0.25) is 0 Å². The number of rotatable bonds is 14. The predicted molar refractivity (Wildman–Crippen MR) is 85.2 cm³/mol. The van der Waals surface area contributed by atoms with Crippen LogP contribution in [-0.2, 0) is 4.79 Å². The highest BCUT2D eigenvalue weighted by molar-refractivity contribution is 5.67. The summed E-state index contributed by atoms with van der Waals surface area (Å²) in [6, 6.07) is 0. The minimum atomic E-state index is -0.676. The normalized spacial score (nSPS) is 22.2. The summed E-state index contributed by atoms with van der Waals surface area (Å²) in [6.45, 7) is 2.21. The van der Waals surface area contributed by atoms with Crippen LogP contribution >= 0.6 is 0 Å². The van der Waals surface area contributed by atoms with Crippen molar-refractivity contribution in [3.63, 3.8) is 0 Å². The van der Waals surface area contributed by atoms with E-state index in [-0.39, 0.29) is 0 Å².